The van der Waals surface area contributed by atoms with Crippen LogP contribution in [0.3, 0.4) is 0 Å². The van der Waals surface area contributed by atoms with E-state index in [2.05, 4.69) is 30.1 Å². The molecular weight excluding hydrogens is 466 g/mol. The second-order valence-electron chi connectivity index (χ2n) is 8.27. The van der Waals surface area contributed by atoms with Crippen LogP contribution in [0.25, 0.3) is 31.3 Å². The van der Waals surface area contributed by atoms with Crippen LogP contribution < -0.4 is 0 Å². The number of hydrogen-bond acceptors (Lipinski definition) is 10. The average Bonchev–Trinajstić information content (AvgIpc) is 2.87. The molecule has 11 atom stereocenters. The molecule has 186 valence electrons. The Morgan fingerprint density at radius 3 is 2.23 bits per heavy atom. The largest absolute Gasteiger partial charge is 0.390 e. The maximum atomic E-state index is 11.0. The average molecular weight is 489 g/mol. The molecule has 0 spiro atoms. The van der Waals surface area contributed by atoms with E-state index in [1.54, 1.807) is 12.1 Å². The van der Waals surface area contributed by atoms with Crippen LogP contribution in [0.1, 0.15) is 18.3 Å². The molecular formula is C19H23N9O7. The normalized spacial score (nSPS) is 40.8. The first-order chi connectivity index (χ1) is 17.0. The van der Waals surface area contributed by atoms with Crippen LogP contribution in [-0.2, 0) is 18.9 Å². The first-order valence-electron chi connectivity index (χ1n) is 10.8. The molecule has 16 heteroatoms. The molecule has 3 N–H and O–H groups in total. The molecule has 2 aliphatic heterocycles. The fourth-order valence-electron chi connectivity index (χ4n) is 4.51. The second-order valence-corrected chi connectivity index (χ2v) is 8.27. The van der Waals surface area contributed by atoms with Gasteiger partial charge in [0.2, 0.25) is 0 Å². The van der Waals surface area contributed by atoms with Gasteiger partial charge in [-0.3, -0.25) is 0 Å². The Bertz CT molecular complexity index is 1030. The highest BCUT2D eigenvalue weighted by Gasteiger charge is 2.52. The molecule has 1 aliphatic carbocycles. The maximum absolute atomic E-state index is 11.0. The third kappa shape index (κ3) is 5.12. The number of ether oxygens (including phenoxy) is 4. The molecule has 16 nitrogen and oxygen atoms in total. The quantitative estimate of drug-likeness (QED) is 0.303. The number of rotatable bonds is 6. The Kier molecular flexibility index (Phi) is 7.90. The van der Waals surface area contributed by atoms with E-state index in [4.69, 9.17) is 35.5 Å². The van der Waals surface area contributed by atoms with Crippen molar-refractivity contribution in [3.63, 3.8) is 0 Å². The molecule has 1 aromatic carbocycles. The Labute approximate surface area is 197 Å². The molecule has 0 aromatic heterocycles. The van der Waals surface area contributed by atoms with Gasteiger partial charge in [-0.2, -0.15) is 0 Å². The summed E-state index contributed by atoms with van der Waals surface area (Å²) >= 11 is 0. The first kappa shape index (κ1) is 25.0. The molecule has 0 bridgehead atoms. The summed E-state index contributed by atoms with van der Waals surface area (Å²) in [6.45, 7) is 0.0126. The molecule has 3 fully saturated rings. The Balaban J connectivity index is 1.54. The van der Waals surface area contributed by atoms with Crippen molar-refractivity contribution in [3.05, 3.63) is 67.2 Å². The highest BCUT2D eigenvalue weighted by molar-refractivity contribution is 5.17. The molecule has 4 rings (SSSR count). The molecule has 2 heterocycles. The minimum Gasteiger partial charge on any atom is -0.390 e. The van der Waals surface area contributed by atoms with Gasteiger partial charge in [0.25, 0.3) is 0 Å². The lowest BCUT2D eigenvalue weighted by Gasteiger charge is -2.48. The first-order valence-corrected chi connectivity index (χ1v) is 10.8. The summed E-state index contributed by atoms with van der Waals surface area (Å²) in [5.41, 5.74) is 27.5. The molecule has 0 amide bonds. The number of fused-ring (bicyclic) bond motifs is 1. The summed E-state index contributed by atoms with van der Waals surface area (Å²) in [5, 5.41) is 42.6. The maximum Gasteiger partial charge on any atom is 0.184 e. The van der Waals surface area contributed by atoms with Crippen molar-refractivity contribution in [1.29, 1.82) is 0 Å². The van der Waals surface area contributed by atoms with Gasteiger partial charge in [0, 0.05) is 20.3 Å². The van der Waals surface area contributed by atoms with Crippen molar-refractivity contribution < 1.29 is 34.3 Å². The van der Waals surface area contributed by atoms with Gasteiger partial charge in [0.05, 0.1) is 37.0 Å². The van der Waals surface area contributed by atoms with Crippen molar-refractivity contribution in [1.82, 2.24) is 0 Å². The van der Waals surface area contributed by atoms with Crippen LogP contribution in [-0.4, -0.2) is 83.0 Å². The summed E-state index contributed by atoms with van der Waals surface area (Å²) in [5.74, 6) is 0. The van der Waals surface area contributed by atoms with Gasteiger partial charge in [0.15, 0.2) is 12.6 Å². The van der Waals surface area contributed by atoms with Gasteiger partial charge in [0.1, 0.15) is 24.4 Å². The molecule has 3 aliphatic rings. The lowest BCUT2D eigenvalue weighted by atomic mass is 9.84. The van der Waals surface area contributed by atoms with Crippen molar-refractivity contribution >= 4 is 0 Å². The van der Waals surface area contributed by atoms with Gasteiger partial charge in [-0.05, 0) is 23.0 Å². The monoisotopic (exact) mass is 489 g/mol. The van der Waals surface area contributed by atoms with Crippen LogP contribution >= 0.6 is 0 Å². The van der Waals surface area contributed by atoms with Crippen molar-refractivity contribution in [2.24, 2.45) is 15.3 Å². The van der Waals surface area contributed by atoms with E-state index in [9.17, 15) is 15.3 Å². The van der Waals surface area contributed by atoms with E-state index >= 15 is 0 Å². The number of hydrogen-bond donors (Lipinski definition) is 3. The van der Waals surface area contributed by atoms with Crippen LogP contribution in [0.15, 0.2) is 45.7 Å². The zero-order chi connectivity index (χ0) is 24.9. The smallest absolute Gasteiger partial charge is 0.184 e. The van der Waals surface area contributed by atoms with Gasteiger partial charge < -0.3 is 34.3 Å². The minimum atomic E-state index is -1.64. The predicted octanol–water partition coefficient (Wildman–Crippen LogP) is 1.73. The van der Waals surface area contributed by atoms with Crippen molar-refractivity contribution in [3.8, 4) is 0 Å². The minimum absolute atomic E-state index is 0.0126. The van der Waals surface area contributed by atoms with Gasteiger partial charge in [-0.25, -0.2) is 0 Å². The van der Waals surface area contributed by atoms with Gasteiger partial charge in [-0.1, -0.05) is 45.7 Å². The van der Waals surface area contributed by atoms with Gasteiger partial charge in [-0.15, -0.1) is 0 Å². The molecule has 0 radical (unpaired) electrons. The van der Waals surface area contributed by atoms with Crippen LogP contribution in [0.2, 0.25) is 0 Å². The lowest BCUT2D eigenvalue weighted by Crippen LogP contribution is -2.64. The summed E-state index contributed by atoms with van der Waals surface area (Å²) in [4.78, 5) is 8.13. The number of aliphatic hydroxyl groups excluding tert-OH is 3. The number of azide groups is 3. The number of benzene rings is 1. The van der Waals surface area contributed by atoms with E-state index in [0.29, 0.717) is 0 Å². The zero-order valence-corrected chi connectivity index (χ0v) is 18.2. The predicted molar refractivity (Wildman–Crippen MR) is 115 cm³/mol. The van der Waals surface area contributed by atoms with Crippen molar-refractivity contribution in [2.75, 3.05) is 6.61 Å². The molecule has 1 aromatic rings. The molecule has 6 unspecified atom stereocenters. The summed E-state index contributed by atoms with van der Waals surface area (Å²) < 4.78 is 23.4. The molecule has 35 heavy (non-hydrogen) atoms. The van der Waals surface area contributed by atoms with Crippen molar-refractivity contribution in [2.45, 2.75) is 73.8 Å². The molecule has 2 saturated heterocycles. The highest BCUT2D eigenvalue weighted by atomic mass is 16.7. The number of nitrogens with zero attached hydrogens (tertiary/aromatic N) is 9. The van der Waals surface area contributed by atoms with E-state index in [0.717, 1.165) is 5.56 Å². The lowest BCUT2D eigenvalue weighted by molar-refractivity contribution is -0.351. The summed E-state index contributed by atoms with van der Waals surface area (Å²) in [6, 6.07) is 5.64. The fraction of sp³-hybridized carbons (Fsp3) is 0.684. The van der Waals surface area contributed by atoms with E-state index in [-0.39, 0.29) is 13.0 Å². The Morgan fingerprint density at radius 1 is 0.857 bits per heavy atom. The van der Waals surface area contributed by atoms with Gasteiger partial charge >= 0.3 is 0 Å². The van der Waals surface area contributed by atoms with Crippen LogP contribution in [0.5, 0.6) is 0 Å². The van der Waals surface area contributed by atoms with Crippen LogP contribution in [0, 0.1) is 0 Å². The zero-order valence-electron chi connectivity index (χ0n) is 18.2. The summed E-state index contributed by atoms with van der Waals surface area (Å²) in [6.07, 6.45) is -9.88. The summed E-state index contributed by atoms with van der Waals surface area (Å²) in [7, 11) is 0. The third-order valence-electron chi connectivity index (χ3n) is 6.22. The Morgan fingerprint density at radius 2 is 1.54 bits per heavy atom. The molecule has 1 saturated carbocycles. The fourth-order valence-corrected chi connectivity index (χ4v) is 4.51. The van der Waals surface area contributed by atoms with E-state index in [1.165, 1.54) is 0 Å². The second kappa shape index (κ2) is 11.1. The van der Waals surface area contributed by atoms with Crippen LogP contribution in [0.4, 0.5) is 0 Å². The Hall–Kier alpha value is -3.13. The van der Waals surface area contributed by atoms with E-state index in [1.807, 2.05) is 18.2 Å². The SMILES string of the molecule is [N-]=[N+]=NC1C(O)[C@@H]2OC(c3ccccc3)OCC2O[C@@H]1O[C@@H]1C(N=[N+]=[N-])C[C@@H](N=[N+]=[N-])[C@@H](O)C1O. The highest BCUT2D eigenvalue weighted by Crippen LogP contribution is 2.37. The van der Waals surface area contributed by atoms with E-state index < -0.39 is 67.3 Å². The standard InChI is InChI=1S/C19H23N9O7/c20-26-23-9-6-10(24-27-21)16(15(31)13(9)29)34-19-12(25-28-22)14(30)17-11(33-19)7-32-18(35-17)8-4-2-1-3-5-8/h1-5,9-19,29-31H,6-7H2/t9-,10?,11?,12?,13-,14?,15?,16-,17-,18?,19-/m1/s1. The third-order valence-corrected chi connectivity index (χ3v) is 6.22. The topological polar surface area (TPSA) is 244 Å². The number of aliphatic hydroxyl groups is 3.